The van der Waals surface area contributed by atoms with E-state index in [-0.39, 0.29) is 25.8 Å². The minimum Gasteiger partial charge on any atom is -0.665 e. The van der Waals surface area contributed by atoms with E-state index in [1.54, 1.807) is 28.2 Å². The number of hydrogen-bond donors (Lipinski definition) is 0. The first-order valence-electron chi connectivity index (χ1n) is 12.8. The second-order valence-corrected chi connectivity index (χ2v) is 6.96. The van der Waals surface area contributed by atoms with Crippen LogP contribution in [0.25, 0.3) is 21.3 Å². The molecule has 0 unspecified atom stereocenters. The fourth-order valence-electron chi connectivity index (χ4n) is 1.57. The Bertz CT molecular complexity index is 265. The van der Waals surface area contributed by atoms with Crippen molar-refractivity contribution in [2.45, 2.75) is 55.4 Å². The van der Waals surface area contributed by atoms with Crippen LogP contribution in [0.15, 0.2) is 0 Å². The molecule has 0 radical (unpaired) electrons. The molecule has 0 saturated carbocycles. The Balaban J connectivity index is -0.000000101. The first-order chi connectivity index (χ1) is 16.1. The molecule has 0 fully saturated rings. The predicted octanol–water partition coefficient (Wildman–Crippen LogP) is 5.01. The Morgan fingerprint density at radius 3 is 0.543 bits per heavy atom. The molecule has 0 aromatic rings. The molecule has 35 heavy (non-hydrogen) atoms. The molecule has 0 aromatic heterocycles. The molecule has 0 bridgehead atoms. The Morgan fingerprint density at radius 1 is 0.371 bits per heavy atom. The predicted molar refractivity (Wildman–Crippen MR) is 156 cm³/mol. The van der Waals surface area contributed by atoms with Crippen LogP contribution in [0, 0.1) is 0 Å². The zero-order valence-corrected chi connectivity index (χ0v) is 30.2. The minimum atomic E-state index is 0. The SMILES string of the molecule is CCN(C)N(N(C)CC)N(N(C)CC)N(C)CC.CC[N-]C.CC[N-]C.CC[N-]C.CC[N-]C.[Hf+4]. The van der Waals surface area contributed by atoms with Crippen LogP contribution in [-0.4, -0.2) is 139 Å². The maximum Gasteiger partial charge on any atom is 4.00 e. The zero-order chi connectivity index (χ0) is 27.9. The van der Waals surface area contributed by atoms with Crippen molar-refractivity contribution in [1.82, 2.24) is 30.5 Å². The molecule has 0 saturated heterocycles. The van der Waals surface area contributed by atoms with Gasteiger partial charge in [-0.1, -0.05) is 65.8 Å². The van der Waals surface area contributed by atoms with Gasteiger partial charge >= 0.3 is 25.8 Å². The minimum absolute atomic E-state index is 0. The second-order valence-electron chi connectivity index (χ2n) is 6.96. The third-order valence-electron chi connectivity index (χ3n) is 4.48. The van der Waals surface area contributed by atoms with Gasteiger partial charge in [-0.25, -0.2) is 20.0 Å². The monoisotopic (exact) mass is 672 g/mol. The third-order valence-corrected chi connectivity index (χ3v) is 4.48. The van der Waals surface area contributed by atoms with Crippen LogP contribution >= 0.6 is 0 Å². The zero-order valence-electron chi connectivity index (χ0n) is 26.6. The van der Waals surface area contributed by atoms with Gasteiger partial charge in [0, 0.05) is 54.4 Å². The van der Waals surface area contributed by atoms with Crippen LogP contribution in [0.3, 0.4) is 0 Å². The van der Waals surface area contributed by atoms with Gasteiger partial charge in [-0.3, -0.25) is 0 Å². The van der Waals surface area contributed by atoms with E-state index in [0.29, 0.717) is 0 Å². The molecule has 0 heterocycles. The molecule has 0 aromatic carbocycles. The van der Waals surface area contributed by atoms with Gasteiger partial charge in [0.2, 0.25) is 0 Å². The van der Waals surface area contributed by atoms with E-state index < -0.39 is 0 Å². The smallest absolute Gasteiger partial charge is 0.665 e. The average Bonchev–Trinajstić information content (AvgIpc) is 2.90. The summed E-state index contributed by atoms with van der Waals surface area (Å²) in [6.45, 7) is 24.3. The summed E-state index contributed by atoms with van der Waals surface area (Å²) in [4.78, 5) is 0. The maximum atomic E-state index is 3.74. The molecule has 0 aliphatic rings. The van der Waals surface area contributed by atoms with E-state index in [4.69, 9.17) is 0 Å². The standard InChI is InChI=1S/C12H32N6.4C3H8N.Hf/c1-9-13(5)17(14(6)10-2)18(15(7)11-3)16(8)12-4;4*1-3-4-2;/h9-12H2,1-8H3;4*3H2,1-2H3;/q;4*-1;+4. The van der Waals surface area contributed by atoms with Gasteiger partial charge in [0.05, 0.1) is 0 Å². The molecular formula is C24H64HfN10. The van der Waals surface area contributed by atoms with Crippen molar-refractivity contribution in [3.8, 4) is 0 Å². The van der Waals surface area contributed by atoms with Crippen molar-refractivity contribution >= 4 is 0 Å². The van der Waals surface area contributed by atoms with Crippen molar-refractivity contribution in [2.75, 3.05) is 109 Å². The van der Waals surface area contributed by atoms with Crippen LogP contribution in [0.4, 0.5) is 0 Å². The Hall–Kier alpha value is 0.470. The van der Waals surface area contributed by atoms with E-state index in [1.165, 1.54) is 0 Å². The molecular weight excluding hydrogens is 607 g/mol. The Kier molecular flexibility index (Phi) is 57.7. The van der Waals surface area contributed by atoms with Gasteiger partial charge in [-0.05, 0) is 0 Å². The molecule has 0 aliphatic heterocycles. The topological polar surface area (TPSA) is 75.8 Å². The third kappa shape index (κ3) is 34.5. The molecule has 0 aliphatic carbocycles. The van der Waals surface area contributed by atoms with Gasteiger partial charge in [-0.2, -0.15) is 54.4 Å². The quantitative estimate of drug-likeness (QED) is 0.203. The van der Waals surface area contributed by atoms with Gasteiger partial charge in [-0.15, -0.1) is 0 Å². The molecule has 0 spiro atoms. The van der Waals surface area contributed by atoms with Crippen molar-refractivity contribution in [3.05, 3.63) is 21.3 Å². The fourth-order valence-corrected chi connectivity index (χ4v) is 1.57. The summed E-state index contributed by atoms with van der Waals surface area (Å²) in [5, 5.41) is 28.1. The first kappa shape index (κ1) is 48.5. The molecule has 10 nitrogen and oxygen atoms in total. The summed E-state index contributed by atoms with van der Waals surface area (Å²) in [7, 11) is 15.6. The van der Waals surface area contributed by atoms with Crippen LogP contribution < -0.4 is 0 Å². The summed E-state index contributed by atoms with van der Waals surface area (Å²) in [6.07, 6.45) is 0. The number of nitrogens with zero attached hydrogens (tertiary/aromatic N) is 10. The molecule has 214 valence electrons. The normalized spacial score (nSPS) is 10.1. The maximum absolute atomic E-state index is 3.74. The average molecular weight is 671 g/mol. The second kappa shape index (κ2) is 41.6. The fraction of sp³-hybridized carbons (Fsp3) is 1.00. The molecule has 0 atom stereocenters. The van der Waals surface area contributed by atoms with Crippen molar-refractivity contribution < 1.29 is 25.8 Å². The van der Waals surface area contributed by atoms with E-state index >= 15 is 0 Å². The van der Waals surface area contributed by atoms with E-state index in [9.17, 15) is 0 Å². The van der Waals surface area contributed by atoms with Gasteiger partial charge in [0.15, 0.2) is 0 Å². The summed E-state index contributed by atoms with van der Waals surface area (Å²) < 4.78 is 0. The first-order valence-corrected chi connectivity index (χ1v) is 12.8. The van der Waals surface area contributed by atoms with Gasteiger partial charge in [0.25, 0.3) is 0 Å². The summed E-state index contributed by atoms with van der Waals surface area (Å²) in [6, 6.07) is 0. The Labute approximate surface area is 241 Å². The number of rotatable bonds is 13. The van der Waals surface area contributed by atoms with Crippen LogP contribution in [-0.2, 0) is 25.8 Å². The molecule has 0 N–H and O–H groups in total. The van der Waals surface area contributed by atoms with Crippen LogP contribution in [0.1, 0.15) is 55.4 Å². The van der Waals surface area contributed by atoms with Gasteiger partial charge < -0.3 is 21.3 Å². The van der Waals surface area contributed by atoms with E-state index in [0.717, 1.165) is 52.4 Å². The van der Waals surface area contributed by atoms with Crippen LogP contribution in [0.5, 0.6) is 0 Å². The number of hydrazine groups is 5. The van der Waals surface area contributed by atoms with E-state index in [2.05, 4.69) is 108 Å². The van der Waals surface area contributed by atoms with Gasteiger partial charge in [0.1, 0.15) is 0 Å². The summed E-state index contributed by atoms with van der Waals surface area (Å²) in [5.74, 6) is 0. The largest absolute Gasteiger partial charge is 4.00 e. The summed E-state index contributed by atoms with van der Waals surface area (Å²) in [5.41, 5.74) is 0. The summed E-state index contributed by atoms with van der Waals surface area (Å²) >= 11 is 0. The number of hydrogen-bond acceptors (Lipinski definition) is 6. The molecule has 0 amide bonds. The van der Waals surface area contributed by atoms with Crippen molar-refractivity contribution in [2.24, 2.45) is 0 Å². The van der Waals surface area contributed by atoms with Crippen LogP contribution in [0.2, 0.25) is 0 Å². The van der Waals surface area contributed by atoms with E-state index in [1.807, 2.05) is 27.7 Å². The molecule has 11 heteroatoms. The van der Waals surface area contributed by atoms with Crippen molar-refractivity contribution in [3.63, 3.8) is 0 Å². The Morgan fingerprint density at radius 2 is 0.486 bits per heavy atom. The van der Waals surface area contributed by atoms with Crippen molar-refractivity contribution in [1.29, 1.82) is 0 Å². The molecule has 0 rings (SSSR count).